The molecule has 0 bridgehead atoms. The first-order chi connectivity index (χ1) is 9.58. The van der Waals surface area contributed by atoms with Gasteiger partial charge in [-0.25, -0.2) is 8.42 Å². The minimum absolute atomic E-state index is 0.0277. The zero-order chi connectivity index (χ0) is 15.8. The van der Waals surface area contributed by atoms with Gasteiger partial charge in [-0.15, -0.1) is 0 Å². The van der Waals surface area contributed by atoms with Crippen LogP contribution in [0.4, 0.5) is 11.4 Å². The molecule has 0 aliphatic carbocycles. The van der Waals surface area contributed by atoms with Gasteiger partial charge in [-0.3, -0.25) is 4.79 Å². The Balaban J connectivity index is 2.38. The second-order valence-electron chi connectivity index (χ2n) is 6.78. The van der Waals surface area contributed by atoms with E-state index in [1.54, 1.807) is 12.1 Å². The summed E-state index contributed by atoms with van der Waals surface area (Å²) in [7, 11) is -3.39. The van der Waals surface area contributed by atoms with Crippen LogP contribution in [0.3, 0.4) is 0 Å². The highest BCUT2D eigenvalue weighted by Crippen LogP contribution is 2.34. The number of nitrogens with one attached hydrogen (secondary N) is 2. The summed E-state index contributed by atoms with van der Waals surface area (Å²) in [4.78, 5) is 12.5. The average molecular weight is 310 g/mol. The SMILES string of the molecule is CC(C)(C)CC1CNc2cccc(S(C)(=O)=O)c2NC1=O. The molecule has 2 rings (SSSR count). The Labute approximate surface area is 126 Å². The van der Waals surface area contributed by atoms with Crippen LogP contribution in [0, 0.1) is 11.3 Å². The molecule has 0 radical (unpaired) electrons. The minimum atomic E-state index is -3.39. The molecule has 1 aromatic carbocycles. The van der Waals surface area contributed by atoms with Crippen molar-refractivity contribution >= 4 is 27.1 Å². The molecule has 1 aliphatic rings. The van der Waals surface area contributed by atoms with Crippen molar-refractivity contribution in [1.29, 1.82) is 0 Å². The molecule has 1 atom stereocenters. The molecule has 0 aromatic heterocycles. The second kappa shape index (κ2) is 5.33. The fourth-order valence-corrected chi connectivity index (χ4v) is 3.43. The first-order valence-electron chi connectivity index (χ1n) is 6.96. The number of hydrogen-bond donors (Lipinski definition) is 2. The zero-order valence-electron chi connectivity index (χ0n) is 12.9. The summed E-state index contributed by atoms with van der Waals surface area (Å²) in [5.41, 5.74) is 1.05. The summed E-state index contributed by atoms with van der Waals surface area (Å²) >= 11 is 0. The van der Waals surface area contributed by atoms with Gasteiger partial charge in [0.05, 0.1) is 22.2 Å². The van der Waals surface area contributed by atoms with E-state index in [0.29, 0.717) is 17.9 Å². The van der Waals surface area contributed by atoms with Gasteiger partial charge in [0.15, 0.2) is 9.84 Å². The standard InChI is InChI=1S/C15H22N2O3S/c1-15(2,3)8-10-9-16-11-6-5-7-12(21(4,19)20)13(11)17-14(10)18/h5-7,10,16H,8-9H2,1-4H3,(H,17,18). The van der Waals surface area contributed by atoms with E-state index in [0.717, 1.165) is 12.7 Å². The van der Waals surface area contributed by atoms with Crippen LogP contribution in [-0.2, 0) is 14.6 Å². The molecule has 0 fully saturated rings. The molecule has 5 nitrogen and oxygen atoms in total. The molecule has 0 saturated carbocycles. The molecular weight excluding hydrogens is 288 g/mol. The first-order valence-corrected chi connectivity index (χ1v) is 8.85. The number of rotatable bonds is 2. The van der Waals surface area contributed by atoms with Crippen molar-refractivity contribution in [1.82, 2.24) is 0 Å². The molecule has 6 heteroatoms. The number of para-hydroxylation sites is 1. The molecule has 0 spiro atoms. The number of hydrogen-bond acceptors (Lipinski definition) is 4. The second-order valence-corrected chi connectivity index (χ2v) is 8.77. The Kier molecular flexibility index (Phi) is 4.02. The van der Waals surface area contributed by atoms with Gasteiger partial charge in [-0.1, -0.05) is 26.8 Å². The molecule has 1 aliphatic heterocycles. The number of amides is 1. The average Bonchev–Trinajstić information content (AvgIpc) is 2.46. The van der Waals surface area contributed by atoms with Crippen LogP contribution >= 0.6 is 0 Å². The van der Waals surface area contributed by atoms with E-state index in [1.165, 1.54) is 6.07 Å². The number of carbonyl (C=O) groups is 1. The van der Waals surface area contributed by atoms with Crippen LogP contribution in [0.15, 0.2) is 23.1 Å². The van der Waals surface area contributed by atoms with Crippen LogP contribution in [0.5, 0.6) is 0 Å². The fraction of sp³-hybridized carbons (Fsp3) is 0.533. The summed E-state index contributed by atoms with van der Waals surface area (Å²) in [6.07, 6.45) is 1.88. The number of anilines is 2. The van der Waals surface area contributed by atoms with Crippen molar-refractivity contribution in [2.24, 2.45) is 11.3 Å². The molecule has 2 N–H and O–H groups in total. The molecule has 1 aromatic rings. The minimum Gasteiger partial charge on any atom is -0.383 e. The highest BCUT2D eigenvalue weighted by atomic mass is 32.2. The van der Waals surface area contributed by atoms with E-state index in [2.05, 4.69) is 31.4 Å². The van der Waals surface area contributed by atoms with Crippen molar-refractivity contribution in [2.75, 3.05) is 23.4 Å². The Morgan fingerprint density at radius 3 is 2.52 bits per heavy atom. The summed E-state index contributed by atoms with van der Waals surface area (Å²) in [6, 6.07) is 4.97. The van der Waals surface area contributed by atoms with Gasteiger partial charge in [0.1, 0.15) is 0 Å². The predicted molar refractivity (Wildman–Crippen MR) is 84.2 cm³/mol. The van der Waals surface area contributed by atoms with E-state index >= 15 is 0 Å². The van der Waals surface area contributed by atoms with Gasteiger partial charge in [0.25, 0.3) is 0 Å². The van der Waals surface area contributed by atoms with E-state index in [1.807, 2.05) is 0 Å². The van der Waals surface area contributed by atoms with E-state index in [9.17, 15) is 13.2 Å². The maximum absolute atomic E-state index is 12.4. The fourth-order valence-electron chi connectivity index (χ4n) is 2.57. The van der Waals surface area contributed by atoms with Crippen LogP contribution in [0.25, 0.3) is 0 Å². The maximum Gasteiger partial charge on any atom is 0.229 e. The molecule has 21 heavy (non-hydrogen) atoms. The smallest absolute Gasteiger partial charge is 0.229 e. The Hall–Kier alpha value is -1.56. The van der Waals surface area contributed by atoms with Crippen LogP contribution < -0.4 is 10.6 Å². The first kappa shape index (κ1) is 15.8. The van der Waals surface area contributed by atoms with Crippen LogP contribution in [-0.4, -0.2) is 27.1 Å². The van der Waals surface area contributed by atoms with E-state index < -0.39 is 9.84 Å². The summed E-state index contributed by atoms with van der Waals surface area (Å²) < 4.78 is 23.7. The third-order valence-electron chi connectivity index (χ3n) is 3.44. The molecular formula is C15H22N2O3S. The summed E-state index contributed by atoms with van der Waals surface area (Å²) in [6.45, 7) is 6.75. The van der Waals surface area contributed by atoms with Crippen LogP contribution in [0.2, 0.25) is 0 Å². The quantitative estimate of drug-likeness (QED) is 0.880. The Morgan fingerprint density at radius 1 is 1.29 bits per heavy atom. The molecule has 1 unspecified atom stereocenters. The van der Waals surface area contributed by atoms with Crippen molar-refractivity contribution in [3.8, 4) is 0 Å². The summed E-state index contributed by atoms with van der Waals surface area (Å²) in [5, 5.41) is 5.98. The Bertz CT molecular complexity index is 660. The molecule has 1 heterocycles. The lowest BCUT2D eigenvalue weighted by atomic mass is 9.84. The molecule has 1 amide bonds. The third-order valence-corrected chi connectivity index (χ3v) is 4.58. The summed E-state index contributed by atoms with van der Waals surface area (Å²) in [5.74, 6) is -0.322. The highest BCUT2D eigenvalue weighted by molar-refractivity contribution is 7.90. The van der Waals surface area contributed by atoms with Gasteiger partial charge in [-0.05, 0) is 24.0 Å². The number of sulfone groups is 1. The predicted octanol–water partition coefficient (Wildman–Crippen LogP) is 2.51. The van der Waals surface area contributed by atoms with E-state index in [4.69, 9.17) is 0 Å². The number of fused-ring (bicyclic) bond motifs is 1. The topological polar surface area (TPSA) is 75.3 Å². The lowest BCUT2D eigenvalue weighted by molar-refractivity contribution is -0.120. The third kappa shape index (κ3) is 3.75. The highest BCUT2D eigenvalue weighted by Gasteiger charge is 2.29. The maximum atomic E-state index is 12.4. The van der Waals surface area contributed by atoms with Crippen molar-refractivity contribution in [3.05, 3.63) is 18.2 Å². The van der Waals surface area contributed by atoms with Gasteiger partial charge >= 0.3 is 0 Å². The molecule has 116 valence electrons. The van der Waals surface area contributed by atoms with Gasteiger partial charge in [0, 0.05) is 12.8 Å². The van der Waals surface area contributed by atoms with Gasteiger partial charge in [-0.2, -0.15) is 0 Å². The van der Waals surface area contributed by atoms with E-state index in [-0.39, 0.29) is 22.1 Å². The lowest BCUT2D eigenvalue weighted by Crippen LogP contribution is -2.29. The normalized spacial score (nSPS) is 19.2. The monoisotopic (exact) mass is 310 g/mol. The number of carbonyl (C=O) groups excluding carboxylic acids is 1. The molecule has 0 saturated heterocycles. The van der Waals surface area contributed by atoms with Gasteiger partial charge < -0.3 is 10.6 Å². The van der Waals surface area contributed by atoms with Gasteiger partial charge in [0.2, 0.25) is 5.91 Å². The Morgan fingerprint density at radius 2 is 1.95 bits per heavy atom. The zero-order valence-corrected chi connectivity index (χ0v) is 13.7. The number of benzene rings is 1. The van der Waals surface area contributed by atoms with Crippen molar-refractivity contribution in [3.63, 3.8) is 0 Å². The van der Waals surface area contributed by atoms with Crippen molar-refractivity contribution in [2.45, 2.75) is 32.1 Å². The lowest BCUT2D eigenvalue weighted by Gasteiger charge is -2.23. The van der Waals surface area contributed by atoms with Crippen LogP contribution in [0.1, 0.15) is 27.2 Å². The van der Waals surface area contributed by atoms with Crippen molar-refractivity contribution < 1.29 is 13.2 Å². The largest absolute Gasteiger partial charge is 0.383 e.